The van der Waals surface area contributed by atoms with Gasteiger partial charge in [-0.2, -0.15) is 0 Å². The van der Waals surface area contributed by atoms with E-state index in [1.807, 2.05) is 78.9 Å². The monoisotopic (exact) mass is 915 g/mol. The van der Waals surface area contributed by atoms with E-state index in [0.29, 0.717) is 32.1 Å². The lowest BCUT2D eigenvalue weighted by atomic mass is 9.94. The number of aromatic nitrogens is 1. The Balaban J connectivity index is 1.21. The number of nitrogens with two attached hydrogens (primary N) is 2. The molecule has 3 heterocycles. The first-order chi connectivity index (χ1) is 32.3. The molecule has 2 fully saturated rings. The topological polar surface area (TPSA) is 275 Å². The average molecular weight is 916 g/mol. The zero-order chi connectivity index (χ0) is 47.5. The van der Waals surface area contributed by atoms with Gasteiger partial charge in [0.1, 0.15) is 36.3 Å². The minimum atomic E-state index is -1.18. The fourth-order valence-corrected chi connectivity index (χ4v) is 9.49. The molecule has 4 aromatic rings. The fraction of sp³-hybridized carbons (Fsp3) is 0.429. The van der Waals surface area contributed by atoms with Gasteiger partial charge < -0.3 is 53.3 Å². The van der Waals surface area contributed by atoms with Crippen LogP contribution in [0.1, 0.15) is 67.7 Å². The minimum Gasteiger partial charge on any atom is -0.370 e. The number of hydrogen-bond donors (Lipinski definition) is 9. The first kappa shape index (κ1) is 47.7. The van der Waals surface area contributed by atoms with E-state index in [2.05, 4.69) is 41.9 Å². The highest BCUT2D eigenvalue weighted by Gasteiger charge is 2.42. The molecule has 0 bridgehead atoms. The minimum absolute atomic E-state index is 0.0572. The molecule has 3 aliphatic rings. The van der Waals surface area contributed by atoms with Crippen LogP contribution in [0.4, 0.5) is 0 Å². The molecule has 67 heavy (non-hydrogen) atoms. The molecule has 0 spiro atoms. The zero-order valence-electron chi connectivity index (χ0n) is 37.7. The maximum Gasteiger partial charge on any atom is 0.245 e. The molecule has 6 atom stereocenters. The van der Waals surface area contributed by atoms with E-state index >= 15 is 0 Å². The second-order valence-electron chi connectivity index (χ2n) is 17.7. The van der Waals surface area contributed by atoms with E-state index in [1.54, 1.807) is 6.20 Å². The molecule has 7 rings (SSSR count). The van der Waals surface area contributed by atoms with Crippen molar-refractivity contribution < 1.29 is 33.6 Å². The predicted octanol–water partition coefficient (Wildman–Crippen LogP) is 0.767. The molecule has 2 saturated heterocycles. The van der Waals surface area contributed by atoms with Gasteiger partial charge in [0.05, 0.1) is 0 Å². The highest BCUT2D eigenvalue weighted by Crippen LogP contribution is 2.30. The van der Waals surface area contributed by atoms with Crippen molar-refractivity contribution in [3.63, 3.8) is 0 Å². The van der Waals surface area contributed by atoms with Gasteiger partial charge in [-0.1, -0.05) is 72.8 Å². The van der Waals surface area contributed by atoms with E-state index in [-0.39, 0.29) is 57.7 Å². The summed E-state index contributed by atoms with van der Waals surface area (Å²) in [6.45, 7) is 1.77. The quantitative estimate of drug-likeness (QED) is 0.0551. The van der Waals surface area contributed by atoms with E-state index < -0.39 is 83.5 Å². The molecule has 3 aromatic carbocycles. The van der Waals surface area contributed by atoms with Gasteiger partial charge in [0.25, 0.3) is 0 Å². The molecule has 0 radical (unpaired) electrons. The maximum absolute atomic E-state index is 14.9. The molecular weight excluding hydrogens is 855 g/mol. The van der Waals surface area contributed by atoms with Gasteiger partial charge in [0.2, 0.25) is 41.4 Å². The van der Waals surface area contributed by atoms with E-state index in [4.69, 9.17) is 11.5 Å². The lowest BCUT2D eigenvalue weighted by molar-refractivity contribution is -0.143. The van der Waals surface area contributed by atoms with Crippen LogP contribution in [0.5, 0.6) is 0 Å². The van der Waals surface area contributed by atoms with Gasteiger partial charge >= 0.3 is 0 Å². The smallest absolute Gasteiger partial charge is 0.245 e. The standard InChI is InChI=1S/C49H61N11O7/c1-29(61)55-39(24-30-12-3-2-4-13-30)44(63)57-38-19-10-21-52-43(62)37(18-9-22-53-49(50)51)56-45(64)40(27-34-28-54-36-17-8-7-16-35(34)36)58-47(66)42(33-25-31-14-5-6-15-32(31)26-33)59-46(65)41-20-11-23-60(41)48(38)67/h2-8,12-17,28,33,37-42,54H,9-11,18-27H2,1H3,(H,52,62)(H,55,61)(H,56,64)(H,57,63)(H,58,66)(H,59,65)(H4,50,51,53)/t37-,38-,39-,40-,41-,42+/m0/s1. The summed E-state index contributed by atoms with van der Waals surface area (Å²) >= 11 is 0. The number of rotatable bonds is 12. The molecule has 1 aromatic heterocycles. The summed E-state index contributed by atoms with van der Waals surface area (Å²) in [5, 5.41) is 18.2. The number of aromatic amines is 1. The van der Waals surface area contributed by atoms with Crippen LogP contribution in [-0.4, -0.2) is 113 Å². The molecule has 0 unspecified atom stereocenters. The van der Waals surface area contributed by atoms with E-state index in [0.717, 1.165) is 33.2 Å². The first-order valence-electron chi connectivity index (χ1n) is 23.1. The molecule has 0 saturated carbocycles. The third-order valence-corrected chi connectivity index (χ3v) is 12.8. The molecule has 18 heteroatoms. The Hall–Kier alpha value is -7.24. The molecule has 354 valence electrons. The third kappa shape index (κ3) is 12.4. The summed E-state index contributed by atoms with van der Waals surface area (Å²) < 4.78 is 0. The second-order valence-corrected chi connectivity index (χ2v) is 17.7. The molecular formula is C49H61N11O7. The van der Waals surface area contributed by atoms with Crippen molar-refractivity contribution in [3.8, 4) is 0 Å². The SMILES string of the molecule is CC(=O)N[C@@H](Cc1ccccc1)C(=O)N[C@H]1CCCNC(=O)[C@H](CCCN=C(N)N)NC(=O)[C@H](Cc2c[nH]c3ccccc23)NC(=O)[C@@H](C2Cc3ccccc3C2)NC(=O)[C@@H]2CCCN2C1=O. The van der Waals surface area contributed by atoms with Crippen molar-refractivity contribution in [1.82, 2.24) is 41.8 Å². The highest BCUT2D eigenvalue weighted by molar-refractivity contribution is 5.98. The van der Waals surface area contributed by atoms with Gasteiger partial charge in [-0.3, -0.25) is 38.6 Å². The second kappa shape index (κ2) is 22.3. The molecule has 7 amide bonds. The zero-order valence-corrected chi connectivity index (χ0v) is 37.7. The van der Waals surface area contributed by atoms with Crippen LogP contribution in [0.15, 0.2) is 90.1 Å². The average Bonchev–Trinajstić information content (AvgIpc) is 4.08. The largest absolute Gasteiger partial charge is 0.370 e. The maximum atomic E-state index is 14.9. The Labute approximate surface area is 389 Å². The summed E-state index contributed by atoms with van der Waals surface area (Å²) in [6.07, 6.45) is 4.50. The lowest BCUT2D eigenvalue weighted by Gasteiger charge is -2.32. The van der Waals surface area contributed by atoms with Crippen LogP contribution in [0, 0.1) is 5.92 Å². The Morgan fingerprint density at radius 1 is 0.806 bits per heavy atom. The van der Waals surface area contributed by atoms with E-state index in [9.17, 15) is 33.6 Å². The van der Waals surface area contributed by atoms with Crippen LogP contribution in [-0.2, 0) is 59.2 Å². The van der Waals surface area contributed by atoms with Crippen LogP contribution in [0.2, 0.25) is 0 Å². The summed E-state index contributed by atoms with van der Waals surface area (Å²) in [5.41, 5.74) is 15.6. The number of carbonyl (C=O) groups is 7. The number of para-hydroxylation sites is 1. The highest BCUT2D eigenvalue weighted by atomic mass is 16.2. The third-order valence-electron chi connectivity index (χ3n) is 12.8. The molecule has 11 N–H and O–H groups in total. The van der Waals surface area contributed by atoms with Gasteiger partial charge in [-0.25, -0.2) is 0 Å². The fourth-order valence-electron chi connectivity index (χ4n) is 9.49. The molecule has 18 nitrogen and oxygen atoms in total. The van der Waals surface area contributed by atoms with E-state index in [1.165, 1.54) is 11.8 Å². The summed E-state index contributed by atoms with van der Waals surface area (Å²) in [5.74, 6) is -4.28. The van der Waals surface area contributed by atoms with Crippen LogP contribution >= 0.6 is 0 Å². The van der Waals surface area contributed by atoms with Crippen LogP contribution < -0.4 is 43.4 Å². The van der Waals surface area contributed by atoms with Crippen molar-refractivity contribution in [2.24, 2.45) is 22.4 Å². The number of hydrogen-bond acceptors (Lipinski definition) is 8. The number of H-pyrrole nitrogens is 1. The van der Waals surface area contributed by atoms with Gasteiger partial charge in [0, 0.05) is 56.5 Å². The number of fused-ring (bicyclic) bond motifs is 3. The molecule has 2 aliphatic heterocycles. The number of nitrogens with one attached hydrogen (secondary N) is 7. The Kier molecular flexibility index (Phi) is 15.9. The van der Waals surface area contributed by atoms with Gasteiger partial charge in [0.15, 0.2) is 5.96 Å². The first-order valence-corrected chi connectivity index (χ1v) is 23.1. The number of guanidine groups is 1. The Morgan fingerprint density at radius 2 is 1.51 bits per heavy atom. The van der Waals surface area contributed by atoms with Crippen LogP contribution in [0.3, 0.4) is 0 Å². The Morgan fingerprint density at radius 3 is 2.24 bits per heavy atom. The van der Waals surface area contributed by atoms with Crippen LogP contribution in [0.25, 0.3) is 10.9 Å². The number of carbonyl (C=O) groups excluding carboxylic acids is 7. The van der Waals surface area contributed by atoms with Crippen molar-refractivity contribution in [2.45, 2.75) is 107 Å². The summed E-state index contributed by atoms with van der Waals surface area (Å²) in [4.78, 5) is 108. The van der Waals surface area contributed by atoms with Crippen molar-refractivity contribution in [1.29, 1.82) is 0 Å². The number of benzene rings is 3. The Bertz CT molecular complexity index is 2450. The number of amides is 7. The predicted molar refractivity (Wildman–Crippen MR) is 252 cm³/mol. The number of aliphatic imine (C=N–C) groups is 1. The van der Waals surface area contributed by atoms with Gasteiger partial charge in [-0.15, -0.1) is 0 Å². The van der Waals surface area contributed by atoms with Crippen molar-refractivity contribution >= 4 is 58.2 Å². The number of nitrogens with zero attached hydrogens (tertiary/aromatic N) is 2. The van der Waals surface area contributed by atoms with Crippen molar-refractivity contribution in [2.75, 3.05) is 19.6 Å². The van der Waals surface area contributed by atoms with Gasteiger partial charge in [-0.05, 0) is 85.6 Å². The molecule has 1 aliphatic carbocycles. The summed E-state index contributed by atoms with van der Waals surface area (Å²) in [7, 11) is 0. The van der Waals surface area contributed by atoms with Crippen molar-refractivity contribution in [3.05, 3.63) is 107 Å². The lowest BCUT2D eigenvalue weighted by Crippen LogP contribution is -2.61. The summed E-state index contributed by atoms with van der Waals surface area (Å²) in [6, 6.07) is 18.0. The normalized spacial score (nSPS) is 22.5.